The molecule has 1 aliphatic heterocycles. The van der Waals surface area contributed by atoms with Crippen LogP contribution >= 0.6 is 11.8 Å². The van der Waals surface area contributed by atoms with Crippen LogP contribution in [0.1, 0.15) is 31.2 Å². The summed E-state index contributed by atoms with van der Waals surface area (Å²) in [5.41, 5.74) is 0.520. The van der Waals surface area contributed by atoms with Crippen LogP contribution in [0.5, 0.6) is 0 Å². The molecule has 1 aromatic rings. The number of thioether (sulfide) groups is 1. The Bertz CT molecular complexity index is 510. The molecule has 0 radical (unpaired) electrons. The van der Waals surface area contributed by atoms with Gasteiger partial charge in [0.05, 0.1) is 6.54 Å². The Labute approximate surface area is 115 Å². The molecular formula is C14H16F2N2S. The Kier molecular flexibility index (Phi) is 3.48. The van der Waals surface area contributed by atoms with Gasteiger partial charge in [0, 0.05) is 16.9 Å². The third-order valence-corrected chi connectivity index (χ3v) is 5.02. The predicted molar refractivity (Wildman–Crippen MR) is 74.3 cm³/mol. The first kappa shape index (κ1) is 12.9. The number of benzene rings is 1. The van der Waals surface area contributed by atoms with Crippen LogP contribution in [0.15, 0.2) is 23.2 Å². The van der Waals surface area contributed by atoms with E-state index in [0.717, 1.165) is 23.1 Å². The van der Waals surface area contributed by atoms with Crippen molar-refractivity contribution in [3.63, 3.8) is 0 Å². The number of hydrogen-bond donors (Lipinski definition) is 1. The summed E-state index contributed by atoms with van der Waals surface area (Å²) in [5, 5.41) is 4.33. The molecule has 1 heterocycles. The lowest BCUT2D eigenvalue weighted by molar-refractivity contribution is 0.452. The molecule has 2 nitrogen and oxygen atoms in total. The van der Waals surface area contributed by atoms with Crippen molar-refractivity contribution in [2.24, 2.45) is 4.99 Å². The standard InChI is InChI=1S/C14H16F2N2S/c15-11-3-4-12(16)10(7-11)8-17-13-18-14(9-19-13)5-1-2-6-14/h3-4,7H,1-2,5-6,8-9H2,(H,17,18). The molecule has 102 valence electrons. The first-order valence-corrected chi connectivity index (χ1v) is 7.55. The monoisotopic (exact) mass is 282 g/mol. The summed E-state index contributed by atoms with van der Waals surface area (Å²) in [5.74, 6) is 0.220. The molecule has 1 aromatic carbocycles. The number of hydrogen-bond acceptors (Lipinski definition) is 2. The van der Waals surface area contributed by atoms with Crippen molar-refractivity contribution in [1.82, 2.24) is 5.32 Å². The van der Waals surface area contributed by atoms with E-state index >= 15 is 0 Å². The minimum atomic E-state index is -0.420. The Morgan fingerprint density at radius 2 is 2.05 bits per heavy atom. The normalized spacial score (nSPS) is 23.2. The fraction of sp³-hybridized carbons (Fsp3) is 0.500. The van der Waals surface area contributed by atoms with Gasteiger partial charge in [-0.2, -0.15) is 0 Å². The highest BCUT2D eigenvalue weighted by atomic mass is 32.2. The lowest BCUT2D eigenvalue weighted by atomic mass is 10.0. The molecule has 1 saturated carbocycles. The molecule has 0 bridgehead atoms. The maximum atomic E-state index is 13.5. The molecule has 1 saturated heterocycles. The Balaban J connectivity index is 1.68. The first-order valence-electron chi connectivity index (χ1n) is 6.56. The minimum absolute atomic E-state index is 0.189. The summed E-state index contributed by atoms with van der Waals surface area (Å²) >= 11 is 1.69. The van der Waals surface area contributed by atoms with Crippen molar-refractivity contribution in [3.05, 3.63) is 35.4 Å². The highest BCUT2D eigenvalue weighted by Gasteiger charge is 2.39. The van der Waals surface area contributed by atoms with E-state index in [-0.39, 0.29) is 12.1 Å². The molecular weight excluding hydrogens is 266 g/mol. The maximum absolute atomic E-state index is 13.5. The largest absolute Gasteiger partial charge is 0.359 e. The second-order valence-corrected chi connectivity index (χ2v) is 6.22. The molecule has 0 unspecified atom stereocenters. The van der Waals surface area contributed by atoms with Gasteiger partial charge < -0.3 is 5.32 Å². The summed E-state index contributed by atoms with van der Waals surface area (Å²) in [4.78, 5) is 4.38. The molecule has 0 amide bonds. The lowest BCUT2D eigenvalue weighted by Crippen LogP contribution is -2.40. The second kappa shape index (κ2) is 5.12. The van der Waals surface area contributed by atoms with Crippen molar-refractivity contribution >= 4 is 16.9 Å². The van der Waals surface area contributed by atoms with Crippen molar-refractivity contribution in [2.45, 2.75) is 37.8 Å². The van der Waals surface area contributed by atoms with Gasteiger partial charge in [0.25, 0.3) is 0 Å². The molecule has 2 aliphatic rings. The van der Waals surface area contributed by atoms with E-state index in [2.05, 4.69) is 10.3 Å². The van der Waals surface area contributed by atoms with Gasteiger partial charge in [0.1, 0.15) is 11.6 Å². The molecule has 0 aromatic heterocycles. The second-order valence-electron chi connectivity index (χ2n) is 5.26. The van der Waals surface area contributed by atoms with E-state index in [9.17, 15) is 8.78 Å². The first-order chi connectivity index (χ1) is 9.17. The average Bonchev–Trinajstić information content (AvgIpc) is 3.02. The van der Waals surface area contributed by atoms with Crippen LogP contribution in [0.4, 0.5) is 8.78 Å². The maximum Gasteiger partial charge on any atom is 0.157 e. The third kappa shape index (κ3) is 2.76. The van der Waals surface area contributed by atoms with Crippen LogP contribution in [-0.4, -0.2) is 16.5 Å². The zero-order valence-corrected chi connectivity index (χ0v) is 11.4. The summed E-state index contributed by atoms with van der Waals surface area (Å²) < 4.78 is 26.5. The van der Waals surface area contributed by atoms with Gasteiger partial charge in [-0.25, -0.2) is 8.78 Å². The number of nitrogens with one attached hydrogen (secondary N) is 1. The number of aliphatic imine (C=N–C) groups is 1. The number of rotatable bonds is 2. The predicted octanol–water partition coefficient (Wildman–Crippen LogP) is 3.47. The van der Waals surface area contributed by atoms with E-state index in [1.54, 1.807) is 11.8 Å². The van der Waals surface area contributed by atoms with Gasteiger partial charge in [0.15, 0.2) is 5.17 Å². The molecule has 19 heavy (non-hydrogen) atoms. The van der Waals surface area contributed by atoms with Crippen LogP contribution in [0.2, 0.25) is 0 Å². The summed E-state index contributed by atoms with van der Waals surface area (Å²) in [6.45, 7) is 0.189. The van der Waals surface area contributed by atoms with Crippen molar-refractivity contribution < 1.29 is 8.78 Å². The van der Waals surface area contributed by atoms with Gasteiger partial charge in [-0.3, -0.25) is 4.99 Å². The number of nitrogens with zero attached hydrogens (tertiary/aromatic N) is 1. The van der Waals surface area contributed by atoms with E-state index in [4.69, 9.17) is 0 Å². The quantitative estimate of drug-likeness (QED) is 0.898. The van der Waals surface area contributed by atoms with E-state index in [1.165, 1.54) is 31.7 Å². The fourth-order valence-corrected chi connectivity index (χ4v) is 3.95. The van der Waals surface area contributed by atoms with Gasteiger partial charge >= 0.3 is 0 Å². The van der Waals surface area contributed by atoms with Crippen molar-refractivity contribution in [2.75, 3.05) is 5.75 Å². The molecule has 1 spiro atoms. The molecule has 2 fully saturated rings. The molecule has 0 atom stereocenters. The Morgan fingerprint density at radius 3 is 2.84 bits per heavy atom. The summed E-state index contributed by atoms with van der Waals surface area (Å²) in [7, 11) is 0. The third-order valence-electron chi connectivity index (χ3n) is 3.82. The van der Waals surface area contributed by atoms with E-state index in [1.807, 2.05) is 0 Å². The fourth-order valence-electron chi connectivity index (χ4n) is 2.73. The van der Waals surface area contributed by atoms with Crippen LogP contribution in [0.25, 0.3) is 0 Å². The molecule has 1 N–H and O–H groups in total. The van der Waals surface area contributed by atoms with Gasteiger partial charge in [-0.15, -0.1) is 0 Å². The van der Waals surface area contributed by atoms with Crippen molar-refractivity contribution in [3.8, 4) is 0 Å². The lowest BCUT2D eigenvalue weighted by Gasteiger charge is -2.21. The zero-order chi connectivity index (χ0) is 13.3. The Morgan fingerprint density at radius 1 is 1.26 bits per heavy atom. The van der Waals surface area contributed by atoms with E-state index in [0.29, 0.717) is 5.56 Å². The van der Waals surface area contributed by atoms with Crippen molar-refractivity contribution in [1.29, 1.82) is 0 Å². The summed E-state index contributed by atoms with van der Waals surface area (Å²) in [6.07, 6.45) is 4.90. The highest BCUT2D eigenvalue weighted by molar-refractivity contribution is 8.14. The SMILES string of the molecule is Fc1ccc(F)c(CN=C2NC3(CCCC3)CS2)c1. The molecule has 3 rings (SSSR count). The molecule has 1 aliphatic carbocycles. The zero-order valence-electron chi connectivity index (χ0n) is 10.6. The Hall–Kier alpha value is -1.10. The van der Waals surface area contributed by atoms with Gasteiger partial charge in [0.2, 0.25) is 0 Å². The smallest absolute Gasteiger partial charge is 0.157 e. The topological polar surface area (TPSA) is 24.4 Å². The van der Waals surface area contributed by atoms with Crippen LogP contribution in [0, 0.1) is 11.6 Å². The summed E-state index contributed by atoms with van der Waals surface area (Å²) in [6, 6.07) is 3.49. The minimum Gasteiger partial charge on any atom is -0.359 e. The van der Waals surface area contributed by atoms with Gasteiger partial charge in [-0.05, 0) is 31.0 Å². The van der Waals surface area contributed by atoms with Crippen LogP contribution in [-0.2, 0) is 6.54 Å². The number of halogens is 2. The number of amidine groups is 1. The van der Waals surface area contributed by atoms with E-state index < -0.39 is 11.6 Å². The van der Waals surface area contributed by atoms with Crippen LogP contribution < -0.4 is 5.32 Å². The highest BCUT2D eigenvalue weighted by Crippen LogP contribution is 2.37. The van der Waals surface area contributed by atoms with Gasteiger partial charge in [-0.1, -0.05) is 24.6 Å². The van der Waals surface area contributed by atoms with Crippen LogP contribution in [0.3, 0.4) is 0 Å². The molecule has 5 heteroatoms. The average molecular weight is 282 g/mol.